The molecule has 0 bridgehead atoms. The third kappa shape index (κ3) is 5.50. The molecule has 1 aliphatic rings. The second-order valence-corrected chi connectivity index (χ2v) is 12.5. The Labute approximate surface area is 242 Å². The van der Waals surface area contributed by atoms with Gasteiger partial charge in [0.15, 0.2) is 5.13 Å². The summed E-state index contributed by atoms with van der Waals surface area (Å²) in [5, 5.41) is 2.01. The Morgan fingerprint density at radius 1 is 1.12 bits per heavy atom. The highest BCUT2D eigenvalue weighted by atomic mass is 79.9. The number of nitrogens with zero attached hydrogens (tertiary/aromatic N) is 3. The molecule has 5 rings (SSSR count). The summed E-state index contributed by atoms with van der Waals surface area (Å²) < 4.78 is 80.6. The normalized spacial score (nSPS) is 13.5. The van der Waals surface area contributed by atoms with E-state index in [9.17, 15) is 21.6 Å². The standard InChI is InChI=1S/C27H23BrF3N3O4S2/c1-17-3-5-18(6-4-17)16-34(26-32-9-12-39-26)40(35,36)25-15-24-22(14-20(25)28)33(10-11-38-24)21-8-7-19(27(29,30)31)13-23(21)37-2/h3-9,12-15H,10-11,16H2,1-2H3. The van der Waals surface area contributed by atoms with Gasteiger partial charge in [0.05, 0.1) is 37.1 Å². The Hall–Kier alpha value is -3.29. The Bertz CT molecular complexity index is 1630. The largest absolute Gasteiger partial charge is 0.495 e. The molecule has 2 heterocycles. The lowest BCUT2D eigenvalue weighted by atomic mass is 10.1. The summed E-state index contributed by atoms with van der Waals surface area (Å²) in [6, 6.07) is 13.8. The molecule has 0 saturated carbocycles. The van der Waals surface area contributed by atoms with Crippen LogP contribution in [0.1, 0.15) is 16.7 Å². The van der Waals surface area contributed by atoms with Crippen LogP contribution in [-0.2, 0) is 22.7 Å². The van der Waals surface area contributed by atoms with Crippen molar-refractivity contribution in [2.24, 2.45) is 0 Å². The zero-order chi connectivity index (χ0) is 28.7. The fourth-order valence-electron chi connectivity index (χ4n) is 4.32. The van der Waals surface area contributed by atoms with Crippen LogP contribution in [0.25, 0.3) is 0 Å². The molecule has 40 heavy (non-hydrogen) atoms. The fraction of sp³-hybridized carbons (Fsp3) is 0.222. The van der Waals surface area contributed by atoms with E-state index < -0.39 is 21.8 Å². The third-order valence-corrected chi connectivity index (χ3v) is 9.93. The molecule has 7 nitrogen and oxygen atoms in total. The zero-order valence-electron chi connectivity index (χ0n) is 21.3. The Morgan fingerprint density at radius 2 is 1.88 bits per heavy atom. The maximum atomic E-state index is 14.1. The highest BCUT2D eigenvalue weighted by molar-refractivity contribution is 9.10. The molecule has 0 unspecified atom stereocenters. The van der Waals surface area contributed by atoms with E-state index >= 15 is 0 Å². The van der Waals surface area contributed by atoms with E-state index in [4.69, 9.17) is 9.47 Å². The van der Waals surface area contributed by atoms with E-state index in [-0.39, 0.29) is 34.0 Å². The lowest BCUT2D eigenvalue weighted by Crippen LogP contribution is -2.32. The van der Waals surface area contributed by atoms with E-state index in [0.717, 1.165) is 23.3 Å². The summed E-state index contributed by atoms with van der Waals surface area (Å²) in [6.45, 7) is 2.51. The summed E-state index contributed by atoms with van der Waals surface area (Å²) in [6.07, 6.45) is -2.99. The van der Waals surface area contributed by atoms with Gasteiger partial charge in [-0.1, -0.05) is 29.8 Å². The number of rotatable bonds is 7. The first-order chi connectivity index (χ1) is 19.0. The van der Waals surface area contributed by atoms with Gasteiger partial charge < -0.3 is 14.4 Å². The Morgan fingerprint density at radius 3 is 2.52 bits per heavy atom. The minimum atomic E-state index is -4.52. The van der Waals surface area contributed by atoms with Gasteiger partial charge in [0, 0.05) is 22.1 Å². The van der Waals surface area contributed by atoms with Crippen LogP contribution in [0.3, 0.4) is 0 Å². The number of thiazole rings is 1. The van der Waals surface area contributed by atoms with Gasteiger partial charge in [-0.25, -0.2) is 17.7 Å². The molecule has 0 atom stereocenters. The smallest absolute Gasteiger partial charge is 0.416 e. The number of hydrogen-bond acceptors (Lipinski definition) is 7. The van der Waals surface area contributed by atoms with Gasteiger partial charge in [0.25, 0.3) is 10.0 Å². The molecule has 3 aromatic carbocycles. The van der Waals surface area contributed by atoms with Crippen molar-refractivity contribution < 1.29 is 31.1 Å². The molecule has 13 heteroatoms. The van der Waals surface area contributed by atoms with Crippen LogP contribution < -0.4 is 18.7 Å². The molecule has 0 aliphatic carbocycles. The van der Waals surface area contributed by atoms with Crippen molar-refractivity contribution in [3.05, 3.63) is 87.3 Å². The first kappa shape index (κ1) is 28.2. The van der Waals surface area contributed by atoms with Crippen molar-refractivity contribution in [1.29, 1.82) is 0 Å². The summed E-state index contributed by atoms with van der Waals surface area (Å²) >= 11 is 4.63. The van der Waals surface area contributed by atoms with Crippen molar-refractivity contribution >= 4 is 53.8 Å². The summed E-state index contributed by atoms with van der Waals surface area (Å²) in [5.41, 5.74) is 1.88. The van der Waals surface area contributed by atoms with Crippen LogP contribution >= 0.6 is 27.3 Å². The number of sulfonamides is 1. The van der Waals surface area contributed by atoms with Crippen molar-refractivity contribution in [2.45, 2.75) is 24.5 Å². The number of methoxy groups -OCH3 is 1. The van der Waals surface area contributed by atoms with Crippen molar-refractivity contribution in [1.82, 2.24) is 4.98 Å². The lowest BCUT2D eigenvalue weighted by Gasteiger charge is -2.33. The van der Waals surface area contributed by atoms with Crippen LogP contribution in [0.15, 0.2) is 75.5 Å². The summed E-state index contributed by atoms with van der Waals surface area (Å²) in [7, 11) is -2.83. The topological polar surface area (TPSA) is 72.0 Å². The molecule has 0 amide bonds. The summed E-state index contributed by atoms with van der Waals surface area (Å²) in [5.74, 6) is 0.299. The van der Waals surface area contributed by atoms with Gasteiger partial charge in [-0.05, 0) is 52.7 Å². The highest BCUT2D eigenvalue weighted by Gasteiger charge is 2.34. The van der Waals surface area contributed by atoms with Crippen molar-refractivity contribution in [3.8, 4) is 11.5 Å². The van der Waals surface area contributed by atoms with E-state index in [0.29, 0.717) is 23.1 Å². The zero-order valence-corrected chi connectivity index (χ0v) is 24.5. The van der Waals surface area contributed by atoms with E-state index in [1.54, 1.807) is 16.3 Å². The minimum absolute atomic E-state index is 0.0311. The lowest BCUT2D eigenvalue weighted by molar-refractivity contribution is -0.137. The second-order valence-electron chi connectivity index (χ2n) is 8.95. The van der Waals surface area contributed by atoms with Gasteiger partial charge in [0.1, 0.15) is 23.0 Å². The molecule has 0 radical (unpaired) electrons. The van der Waals surface area contributed by atoms with Crippen LogP contribution in [0.4, 0.5) is 29.7 Å². The van der Waals surface area contributed by atoms with Gasteiger partial charge in [-0.3, -0.25) is 0 Å². The number of fused-ring (bicyclic) bond motifs is 1. The Kier molecular flexibility index (Phi) is 7.73. The number of hydrogen-bond donors (Lipinski definition) is 0. The SMILES string of the molecule is COc1cc(C(F)(F)F)ccc1N1CCOc2cc(S(=O)(=O)N(Cc3ccc(C)cc3)c3nccs3)c(Br)cc21. The van der Waals surface area contributed by atoms with Crippen molar-refractivity contribution in [2.75, 3.05) is 29.5 Å². The maximum absolute atomic E-state index is 14.1. The van der Waals surface area contributed by atoms with Gasteiger partial charge >= 0.3 is 6.18 Å². The maximum Gasteiger partial charge on any atom is 0.416 e. The molecule has 1 aromatic heterocycles. The number of halogens is 4. The van der Waals surface area contributed by atoms with Gasteiger partial charge in [0.2, 0.25) is 0 Å². The summed E-state index contributed by atoms with van der Waals surface area (Å²) in [4.78, 5) is 5.96. The predicted molar refractivity (Wildman–Crippen MR) is 151 cm³/mol. The monoisotopic (exact) mass is 653 g/mol. The van der Waals surface area contributed by atoms with E-state index in [1.807, 2.05) is 31.2 Å². The van der Waals surface area contributed by atoms with Crippen LogP contribution in [0, 0.1) is 6.92 Å². The molecule has 4 aromatic rings. The quantitative estimate of drug-likeness (QED) is 0.211. The Balaban J connectivity index is 1.56. The molecular weight excluding hydrogens is 631 g/mol. The molecule has 210 valence electrons. The average molecular weight is 655 g/mol. The number of alkyl halides is 3. The number of benzene rings is 3. The first-order valence-electron chi connectivity index (χ1n) is 12.0. The van der Waals surface area contributed by atoms with Crippen LogP contribution in [0.5, 0.6) is 11.5 Å². The molecule has 0 spiro atoms. The number of aromatic nitrogens is 1. The molecule has 0 saturated heterocycles. The van der Waals surface area contributed by atoms with Gasteiger partial charge in [-0.15, -0.1) is 11.3 Å². The average Bonchev–Trinajstić information content (AvgIpc) is 3.45. The van der Waals surface area contributed by atoms with Crippen LogP contribution in [-0.4, -0.2) is 33.7 Å². The molecule has 0 N–H and O–H groups in total. The van der Waals surface area contributed by atoms with Crippen molar-refractivity contribution in [3.63, 3.8) is 0 Å². The first-order valence-corrected chi connectivity index (χ1v) is 15.1. The number of aryl methyl sites for hydroxylation is 1. The van der Waals surface area contributed by atoms with E-state index in [1.165, 1.54) is 41.1 Å². The molecule has 0 fully saturated rings. The fourth-order valence-corrected chi connectivity index (χ4v) is 7.60. The highest BCUT2D eigenvalue weighted by Crippen LogP contribution is 2.46. The minimum Gasteiger partial charge on any atom is -0.495 e. The van der Waals surface area contributed by atoms with Crippen LogP contribution in [0.2, 0.25) is 0 Å². The third-order valence-electron chi connectivity index (χ3n) is 6.32. The predicted octanol–water partition coefficient (Wildman–Crippen LogP) is 7.17. The van der Waals surface area contributed by atoms with Gasteiger partial charge in [-0.2, -0.15) is 13.2 Å². The number of anilines is 3. The van der Waals surface area contributed by atoms with E-state index in [2.05, 4.69) is 20.9 Å². The molecule has 1 aliphatic heterocycles. The molecular formula is C27H23BrF3N3O4S2. The number of ether oxygens (including phenoxy) is 2. The second kappa shape index (κ2) is 10.9.